The Morgan fingerprint density at radius 1 is 0.650 bits per heavy atom. The summed E-state index contributed by atoms with van der Waals surface area (Å²) in [6, 6.07) is 21.4. The molecule has 1 heterocycles. The molecule has 92 valence electrons. The molecule has 0 N–H and O–H groups in total. The number of nitrogens with zero attached hydrogens (tertiary/aromatic N) is 1. The quantitative estimate of drug-likeness (QED) is 0.401. The normalized spacial score (nSPS) is 12.8. The fourth-order valence-electron chi connectivity index (χ4n) is 3.23. The maximum atomic E-state index is 4.75. The molecule has 0 unspecified atom stereocenters. The molecule has 3 aromatic rings. The second-order valence-electron chi connectivity index (χ2n) is 5.32. The number of fused-ring (bicyclic) bond motifs is 6. The molecule has 0 amide bonds. The third-order valence-corrected chi connectivity index (χ3v) is 4.16. The van der Waals surface area contributed by atoms with E-state index in [4.69, 9.17) is 4.99 Å². The summed E-state index contributed by atoms with van der Waals surface area (Å²) in [6.45, 7) is 0. The van der Waals surface area contributed by atoms with Crippen LogP contribution >= 0.6 is 0 Å². The molecule has 0 fully saturated rings. The maximum absolute atomic E-state index is 4.75. The first-order valence-corrected chi connectivity index (χ1v) is 6.83. The number of para-hydroxylation sites is 1. The molecule has 20 heavy (non-hydrogen) atoms. The fraction of sp³-hybridized carbons (Fsp3) is 0. The summed E-state index contributed by atoms with van der Waals surface area (Å²) in [6.07, 6.45) is 2.27. The smallest absolute Gasteiger partial charge is 0.0722 e. The minimum atomic E-state index is 1.08. The van der Waals surface area contributed by atoms with Crippen molar-refractivity contribution in [1.82, 2.24) is 0 Å². The Morgan fingerprint density at radius 2 is 1.45 bits per heavy atom. The molecule has 1 heteroatoms. The summed E-state index contributed by atoms with van der Waals surface area (Å²) >= 11 is 0. The molecule has 1 aliphatic carbocycles. The van der Waals surface area contributed by atoms with Crippen molar-refractivity contribution < 1.29 is 0 Å². The lowest BCUT2D eigenvalue weighted by Gasteiger charge is -2.01. The van der Waals surface area contributed by atoms with Gasteiger partial charge in [-0.05, 0) is 46.2 Å². The molecule has 5 rings (SSSR count). The summed E-state index contributed by atoms with van der Waals surface area (Å²) in [7, 11) is 0. The summed E-state index contributed by atoms with van der Waals surface area (Å²) in [4.78, 5) is 4.75. The summed E-state index contributed by atoms with van der Waals surface area (Å²) < 4.78 is 0. The van der Waals surface area contributed by atoms with Crippen molar-refractivity contribution >= 4 is 11.8 Å². The second-order valence-corrected chi connectivity index (χ2v) is 5.32. The van der Waals surface area contributed by atoms with E-state index >= 15 is 0 Å². The van der Waals surface area contributed by atoms with Crippen LogP contribution in [0.1, 0.15) is 5.56 Å². The van der Waals surface area contributed by atoms with Gasteiger partial charge in [-0.25, -0.2) is 4.99 Å². The molecule has 0 aromatic heterocycles. The van der Waals surface area contributed by atoms with Crippen LogP contribution in [-0.4, -0.2) is 0 Å². The molecule has 0 spiro atoms. The van der Waals surface area contributed by atoms with Gasteiger partial charge < -0.3 is 0 Å². The lowest BCUT2D eigenvalue weighted by molar-refractivity contribution is 1.41. The van der Waals surface area contributed by atoms with Gasteiger partial charge in [0.1, 0.15) is 0 Å². The van der Waals surface area contributed by atoms with Gasteiger partial charge >= 0.3 is 0 Å². The molecular weight excluding hydrogens is 242 g/mol. The van der Waals surface area contributed by atoms with Gasteiger partial charge in [0.2, 0.25) is 0 Å². The molecule has 1 aliphatic heterocycles. The Hall–Kier alpha value is -2.67. The molecule has 0 atom stereocenters. The largest absolute Gasteiger partial charge is 0.248 e. The summed E-state index contributed by atoms with van der Waals surface area (Å²) in [5, 5.41) is 2.40. The van der Waals surface area contributed by atoms with E-state index in [0.29, 0.717) is 0 Å². The van der Waals surface area contributed by atoms with Gasteiger partial charge in [-0.2, -0.15) is 0 Å². The highest BCUT2D eigenvalue weighted by molar-refractivity contribution is 5.87. The van der Waals surface area contributed by atoms with Gasteiger partial charge in [0, 0.05) is 11.1 Å². The monoisotopic (exact) mass is 253 g/mol. The Balaban J connectivity index is 1.88. The predicted molar refractivity (Wildman–Crippen MR) is 81.3 cm³/mol. The van der Waals surface area contributed by atoms with Crippen LogP contribution < -0.4 is 10.6 Å². The van der Waals surface area contributed by atoms with E-state index in [1.54, 1.807) is 0 Å². The number of hydrogen-bond acceptors (Lipinski definition) is 1. The van der Waals surface area contributed by atoms with Crippen molar-refractivity contribution in [2.45, 2.75) is 0 Å². The molecule has 3 aromatic carbocycles. The van der Waals surface area contributed by atoms with E-state index in [-0.39, 0.29) is 0 Å². The first kappa shape index (κ1) is 10.2. The maximum Gasteiger partial charge on any atom is 0.0722 e. The van der Waals surface area contributed by atoms with Crippen molar-refractivity contribution in [2.75, 3.05) is 0 Å². The van der Waals surface area contributed by atoms with E-state index in [9.17, 15) is 0 Å². The molecule has 0 radical (unpaired) electrons. The van der Waals surface area contributed by atoms with Crippen LogP contribution in [0.4, 0.5) is 5.69 Å². The highest BCUT2D eigenvalue weighted by Crippen LogP contribution is 2.33. The Kier molecular flexibility index (Phi) is 1.75. The van der Waals surface area contributed by atoms with Crippen LogP contribution in [0.2, 0.25) is 0 Å². The minimum absolute atomic E-state index is 1.08. The summed E-state index contributed by atoms with van der Waals surface area (Å²) in [5.74, 6) is 0. The van der Waals surface area contributed by atoms with Crippen LogP contribution in [0.15, 0.2) is 65.7 Å². The Morgan fingerprint density at radius 3 is 2.40 bits per heavy atom. The van der Waals surface area contributed by atoms with Crippen molar-refractivity contribution in [3.8, 4) is 22.3 Å². The SMILES string of the molecule is C1=c2cc3c(cc2-c2ccccc21)=Nc1ccccc1-3. The lowest BCUT2D eigenvalue weighted by atomic mass is 10.0. The van der Waals surface area contributed by atoms with E-state index in [0.717, 1.165) is 11.0 Å². The average molecular weight is 253 g/mol. The van der Waals surface area contributed by atoms with E-state index in [2.05, 4.69) is 60.7 Å². The number of hydrogen-bond donors (Lipinski definition) is 0. The van der Waals surface area contributed by atoms with Crippen molar-refractivity contribution in [1.29, 1.82) is 0 Å². The first-order chi connectivity index (χ1) is 9.90. The van der Waals surface area contributed by atoms with E-state index in [1.165, 1.54) is 33.0 Å². The zero-order chi connectivity index (χ0) is 13.1. The number of benzene rings is 3. The van der Waals surface area contributed by atoms with Crippen molar-refractivity contribution in [2.24, 2.45) is 4.99 Å². The highest BCUT2D eigenvalue weighted by Gasteiger charge is 2.17. The predicted octanol–water partition coefficient (Wildman–Crippen LogP) is 3.43. The zero-order valence-electron chi connectivity index (χ0n) is 10.8. The van der Waals surface area contributed by atoms with Gasteiger partial charge in [0.05, 0.1) is 11.0 Å². The van der Waals surface area contributed by atoms with Gasteiger partial charge in [-0.15, -0.1) is 0 Å². The van der Waals surface area contributed by atoms with Crippen LogP contribution in [0.25, 0.3) is 28.3 Å². The zero-order valence-corrected chi connectivity index (χ0v) is 10.8. The average Bonchev–Trinajstić information content (AvgIpc) is 3.02. The third-order valence-electron chi connectivity index (χ3n) is 4.16. The Bertz CT molecular complexity index is 913. The van der Waals surface area contributed by atoms with Gasteiger partial charge in [0.25, 0.3) is 0 Å². The lowest BCUT2D eigenvalue weighted by Crippen LogP contribution is -2.10. The molecule has 2 aliphatic rings. The standard InChI is InChI=1S/C19H11N/c1-2-6-14-12(5-1)9-13-10-17-15-7-3-4-8-18(15)20-19(17)11-16(13)14/h1-11H. The molecular formula is C19H11N. The van der Waals surface area contributed by atoms with Crippen LogP contribution in [-0.2, 0) is 0 Å². The molecule has 0 saturated heterocycles. The topological polar surface area (TPSA) is 12.4 Å². The van der Waals surface area contributed by atoms with E-state index in [1.807, 2.05) is 6.07 Å². The van der Waals surface area contributed by atoms with Gasteiger partial charge in [-0.1, -0.05) is 42.5 Å². The minimum Gasteiger partial charge on any atom is -0.248 e. The van der Waals surface area contributed by atoms with Crippen molar-refractivity contribution in [3.05, 3.63) is 76.8 Å². The highest BCUT2D eigenvalue weighted by atomic mass is 14.8. The van der Waals surface area contributed by atoms with Gasteiger partial charge in [0.15, 0.2) is 0 Å². The Labute approximate surface area is 116 Å². The van der Waals surface area contributed by atoms with Gasteiger partial charge in [-0.3, -0.25) is 0 Å². The molecule has 0 saturated carbocycles. The first-order valence-electron chi connectivity index (χ1n) is 6.83. The summed E-state index contributed by atoms with van der Waals surface area (Å²) in [5.41, 5.74) is 7.50. The molecule has 1 nitrogen and oxygen atoms in total. The fourth-order valence-corrected chi connectivity index (χ4v) is 3.23. The van der Waals surface area contributed by atoms with E-state index < -0.39 is 0 Å². The van der Waals surface area contributed by atoms with Crippen LogP contribution in [0.3, 0.4) is 0 Å². The second kappa shape index (κ2) is 3.45. The number of rotatable bonds is 0. The third kappa shape index (κ3) is 1.19. The molecule has 0 bridgehead atoms. The van der Waals surface area contributed by atoms with Crippen LogP contribution in [0.5, 0.6) is 0 Å². The van der Waals surface area contributed by atoms with Crippen molar-refractivity contribution in [3.63, 3.8) is 0 Å². The van der Waals surface area contributed by atoms with Crippen LogP contribution in [0, 0.1) is 0 Å².